The second kappa shape index (κ2) is 4.62. The van der Waals surface area contributed by atoms with Gasteiger partial charge in [-0.05, 0) is 17.7 Å². The second-order valence-electron chi connectivity index (χ2n) is 2.43. The minimum absolute atomic E-state index is 0.250. The summed E-state index contributed by atoms with van der Waals surface area (Å²) in [5.41, 5.74) is 0.844. The van der Waals surface area contributed by atoms with Crippen molar-refractivity contribution in [3.05, 3.63) is 35.6 Å². The van der Waals surface area contributed by atoms with E-state index in [-0.39, 0.29) is 5.82 Å². The van der Waals surface area contributed by atoms with Gasteiger partial charge in [-0.15, -0.1) is 0 Å². The van der Waals surface area contributed by atoms with E-state index < -0.39 is 0 Å². The van der Waals surface area contributed by atoms with Gasteiger partial charge in [0.05, 0.1) is 6.54 Å². The van der Waals surface area contributed by atoms with Crippen LogP contribution in [0.3, 0.4) is 0 Å². The zero-order chi connectivity index (χ0) is 8.81. The molecular weight excluding hydrogens is 157 g/mol. The lowest BCUT2D eigenvalue weighted by Gasteiger charge is -2.00. The minimum atomic E-state index is -0.250. The summed E-state index contributed by atoms with van der Waals surface area (Å²) in [7, 11) is 0. The van der Waals surface area contributed by atoms with Gasteiger partial charge in [-0.1, -0.05) is 12.1 Å². The second-order valence-corrected chi connectivity index (χ2v) is 2.43. The molecule has 0 radical (unpaired) electrons. The van der Waals surface area contributed by atoms with Gasteiger partial charge in [0, 0.05) is 6.54 Å². The first-order valence-corrected chi connectivity index (χ1v) is 3.71. The van der Waals surface area contributed by atoms with Gasteiger partial charge in [0.1, 0.15) is 12.1 Å². The number of hydrogen-bond donors (Lipinski definition) is 1. The van der Waals surface area contributed by atoms with Crippen LogP contribution in [0.25, 0.3) is 0 Å². The Bertz CT molecular complexity index is 262. The molecule has 1 rings (SSSR count). The number of aldehydes is 1. The third kappa shape index (κ3) is 2.80. The molecule has 1 aromatic rings. The SMILES string of the molecule is O=CCNCc1cccc(F)c1. The fourth-order valence-corrected chi connectivity index (χ4v) is 0.922. The van der Waals surface area contributed by atoms with Gasteiger partial charge < -0.3 is 10.1 Å². The molecule has 1 N–H and O–H groups in total. The highest BCUT2D eigenvalue weighted by molar-refractivity contribution is 5.51. The Balaban J connectivity index is 2.46. The molecule has 0 aliphatic heterocycles. The first-order valence-electron chi connectivity index (χ1n) is 3.71. The van der Waals surface area contributed by atoms with Crippen molar-refractivity contribution < 1.29 is 9.18 Å². The highest BCUT2D eigenvalue weighted by atomic mass is 19.1. The van der Waals surface area contributed by atoms with Gasteiger partial charge in [0.15, 0.2) is 0 Å². The fraction of sp³-hybridized carbons (Fsp3) is 0.222. The Morgan fingerprint density at radius 2 is 2.33 bits per heavy atom. The van der Waals surface area contributed by atoms with E-state index in [9.17, 15) is 9.18 Å². The van der Waals surface area contributed by atoms with E-state index in [1.165, 1.54) is 12.1 Å². The molecule has 1 aromatic carbocycles. The van der Waals surface area contributed by atoms with Crippen molar-refractivity contribution in [2.24, 2.45) is 0 Å². The van der Waals surface area contributed by atoms with E-state index in [1.807, 2.05) is 0 Å². The Morgan fingerprint density at radius 1 is 1.50 bits per heavy atom. The van der Waals surface area contributed by atoms with Gasteiger partial charge in [-0.2, -0.15) is 0 Å². The van der Waals surface area contributed by atoms with Crippen LogP contribution in [0.4, 0.5) is 4.39 Å². The molecule has 2 nitrogen and oxygen atoms in total. The standard InChI is InChI=1S/C9H10FNO/c10-9-3-1-2-8(6-9)7-11-4-5-12/h1-3,5-6,11H,4,7H2. The Kier molecular flexibility index (Phi) is 3.41. The molecule has 0 fully saturated rings. The largest absolute Gasteiger partial charge is 0.306 e. The van der Waals surface area contributed by atoms with E-state index in [4.69, 9.17) is 0 Å². The summed E-state index contributed by atoms with van der Waals surface area (Å²) in [4.78, 5) is 9.93. The van der Waals surface area contributed by atoms with Gasteiger partial charge in [0.25, 0.3) is 0 Å². The molecule has 12 heavy (non-hydrogen) atoms. The van der Waals surface area contributed by atoms with Crippen molar-refractivity contribution in [1.82, 2.24) is 5.32 Å². The van der Waals surface area contributed by atoms with Crippen molar-refractivity contribution in [2.75, 3.05) is 6.54 Å². The van der Waals surface area contributed by atoms with Gasteiger partial charge in [-0.3, -0.25) is 0 Å². The van der Waals surface area contributed by atoms with Crippen LogP contribution in [0, 0.1) is 5.82 Å². The number of carbonyl (C=O) groups excluding carboxylic acids is 1. The van der Waals surface area contributed by atoms with Crippen molar-refractivity contribution in [3.63, 3.8) is 0 Å². The molecule has 0 spiro atoms. The molecular formula is C9H10FNO. The van der Waals surface area contributed by atoms with E-state index in [2.05, 4.69) is 5.32 Å². The molecule has 64 valence electrons. The molecule has 0 saturated carbocycles. The molecule has 0 aliphatic carbocycles. The first-order chi connectivity index (χ1) is 5.83. The molecule has 0 aliphatic rings. The molecule has 0 aromatic heterocycles. The number of nitrogens with one attached hydrogen (secondary N) is 1. The van der Waals surface area contributed by atoms with Gasteiger partial charge in [-0.25, -0.2) is 4.39 Å². The first kappa shape index (κ1) is 8.87. The van der Waals surface area contributed by atoms with Crippen LogP contribution in [0.1, 0.15) is 5.56 Å². The monoisotopic (exact) mass is 167 g/mol. The number of carbonyl (C=O) groups is 1. The van der Waals surface area contributed by atoms with Crippen LogP contribution in [0.2, 0.25) is 0 Å². The van der Waals surface area contributed by atoms with Crippen LogP contribution in [0.5, 0.6) is 0 Å². The highest BCUT2D eigenvalue weighted by Crippen LogP contribution is 2.02. The lowest BCUT2D eigenvalue weighted by atomic mass is 10.2. The van der Waals surface area contributed by atoms with Crippen LogP contribution < -0.4 is 5.32 Å². The van der Waals surface area contributed by atoms with Crippen LogP contribution in [0.15, 0.2) is 24.3 Å². The van der Waals surface area contributed by atoms with Crippen molar-refractivity contribution in [1.29, 1.82) is 0 Å². The average molecular weight is 167 g/mol. The van der Waals surface area contributed by atoms with Crippen molar-refractivity contribution in [3.8, 4) is 0 Å². The number of halogens is 1. The Hall–Kier alpha value is -1.22. The summed E-state index contributed by atoms with van der Waals surface area (Å²) in [6, 6.07) is 6.29. The lowest BCUT2D eigenvalue weighted by molar-refractivity contribution is -0.107. The quantitative estimate of drug-likeness (QED) is 0.537. The number of rotatable bonds is 4. The third-order valence-corrected chi connectivity index (χ3v) is 1.45. The van der Waals surface area contributed by atoms with Gasteiger partial charge in [0.2, 0.25) is 0 Å². The molecule has 0 amide bonds. The summed E-state index contributed by atoms with van der Waals surface area (Å²) in [6.45, 7) is 0.826. The maximum absolute atomic E-state index is 12.6. The van der Waals surface area contributed by atoms with Crippen LogP contribution >= 0.6 is 0 Å². The van der Waals surface area contributed by atoms with Crippen LogP contribution in [-0.4, -0.2) is 12.8 Å². The normalized spacial score (nSPS) is 9.75. The van der Waals surface area contributed by atoms with E-state index in [0.29, 0.717) is 13.1 Å². The molecule has 0 atom stereocenters. The fourth-order valence-electron chi connectivity index (χ4n) is 0.922. The number of benzene rings is 1. The summed E-state index contributed by atoms with van der Waals surface area (Å²) in [6.07, 6.45) is 0.777. The zero-order valence-corrected chi connectivity index (χ0v) is 6.59. The smallest absolute Gasteiger partial charge is 0.133 e. The van der Waals surface area contributed by atoms with Crippen molar-refractivity contribution in [2.45, 2.75) is 6.54 Å². The van der Waals surface area contributed by atoms with Crippen molar-refractivity contribution >= 4 is 6.29 Å². The molecule has 0 unspecified atom stereocenters. The lowest BCUT2D eigenvalue weighted by Crippen LogP contribution is -2.15. The van der Waals surface area contributed by atoms with Crippen LogP contribution in [-0.2, 0) is 11.3 Å². The predicted molar refractivity (Wildman–Crippen MR) is 44.2 cm³/mol. The summed E-state index contributed by atoms with van der Waals surface area (Å²) >= 11 is 0. The Morgan fingerprint density at radius 3 is 3.00 bits per heavy atom. The molecule has 0 saturated heterocycles. The predicted octanol–water partition coefficient (Wildman–Crippen LogP) is 1.11. The highest BCUT2D eigenvalue weighted by Gasteiger charge is 1.93. The van der Waals surface area contributed by atoms with E-state index >= 15 is 0 Å². The molecule has 0 heterocycles. The Labute approximate surface area is 70.4 Å². The summed E-state index contributed by atoms with van der Waals surface area (Å²) < 4.78 is 12.6. The van der Waals surface area contributed by atoms with E-state index in [1.54, 1.807) is 12.1 Å². The summed E-state index contributed by atoms with van der Waals surface area (Å²) in [5, 5.41) is 2.84. The molecule has 0 bridgehead atoms. The number of hydrogen-bond acceptors (Lipinski definition) is 2. The van der Waals surface area contributed by atoms with E-state index in [0.717, 1.165) is 11.8 Å². The minimum Gasteiger partial charge on any atom is -0.306 e. The summed E-state index contributed by atoms with van der Waals surface area (Å²) in [5.74, 6) is -0.250. The molecule has 3 heteroatoms. The average Bonchev–Trinajstić information content (AvgIpc) is 2.05. The maximum Gasteiger partial charge on any atom is 0.133 e. The zero-order valence-electron chi connectivity index (χ0n) is 6.59. The van der Waals surface area contributed by atoms with Gasteiger partial charge >= 0.3 is 0 Å². The third-order valence-electron chi connectivity index (χ3n) is 1.45. The maximum atomic E-state index is 12.6. The topological polar surface area (TPSA) is 29.1 Å².